The van der Waals surface area contributed by atoms with Crippen molar-refractivity contribution >= 4 is 11.9 Å². The maximum atomic E-state index is 12.4. The Morgan fingerprint density at radius 3 is 2.64 bits per heavy atom. The van der Waals surface area contributed by atoms with E-state index in [2.05, 4.69) is 19.2 Å². The van der Waals surface area contributed by atoms with Crippen LogP contribution in [0.4, 0.5) is 0 Å². The number of hydrogen-bond donors (Lipinski definition) is 2. The Hall–Kier alpha value is -2.04. The van der Waals surface area contributed by atoms with Crippen LogP contribution < -0.4 is 10.1 Å². The lowest BCUT2D eigenvalue weighted by atomic mass is 9.72. The van der Waals surface area contributed by atoms with Gasteiger partial charge in [0.2, 0.25) is 5.91 Å². The van der Waals surface area contributed by atoms with Crippen molar-refractivity contribution < 1.29 is 19.4 Å². The summed E-state index contributed by atoms with van der Waals surface area (Å²) in [6.45, 7) is 5.39. The summed E-state index contributed by atoms with van der Waals surface area (Å²) < 4.78 is 5.50. The minimum atomic E-state index is -0.809. The third-order valence-corrected chi connectivity index (χ3v) is 4.77. The smallest absolute Gasteiger partial charge is 0.303 e. The van der Waals surface area contributed by atoms with E-state index in [0.29, 0.717) is 19.6 Å². The van der Waals surface area contributed by atoms with Gasteiger partial charge < -0.3 is 15.2 Å². The molecule has 0 bridgehead atoms. The second kappa shape index (κ2) is 8.88. The number of carboxylic acids is 1. The van der Waals surface area contributed by atoms with E-state index in [4.69, 9.17) is 9.84 Å². The highest BCUT2D eigenvalue weighted by atomic mass is 16.5. The first-order valence-electron chi connectivity index (χ1n) is 9.07. The van der Waals surface area contributed by atoms with Gasteiger partial charge in [0, 0.05) is 18.9 Å². The van der Waals surface area contributed by atoms with Gasteiger partial charge in [0.05, 0.1) is 6.61 Å². The van der Waals surface area contributed by atoms with Gasteiger partial charge in [0.25, 0.3) is 0 Å². The molecule has 1 amide bonds. The number of nitrogens with one attached hydrogen (secondary N) is 1. The molecule has 5 heteroatoms. The normalized spacial score (nSPS) is 19.2. The van der Waals surface area contributed by atoms with E-state index < -0.39 is 5.97 Å². The number of ether oxygens (including phenoxy) is 1. The number of carboxylic acid groups (broad SMARTS) is 1. The van der Waals surface area contributed by atoms with Gasteiger partial charge in [0.1, 0.15) is 5.75 Å². The Kier molecular flexibility index (Phi) is 6.85. The van der Waals surface area contributed by atoms with Crippen molar-refractivity contribution in [2.75, 3.05) is 6.61 Å². The van der Waals surface area contributed by atoms with E-state index in [0.717, 1.165) is 30.6 Å². The summed E-state index contributed by atoms with van der Waals surface area (Å²) in [4.78, 5) is 22.8. The zero-order valence-electron chi connectivity index (χ0n) is 15.2. The summed E-state index contributed by atoms with van der Waals surface area (Å²) in [5.74, 6) is 0.188. The summed E-state index contributed by atoms with van der Waals surface area (Å²) in [7, 11) is 0. The summed E-state index contributed by atoms with van der Waals surface area (Å²) in [5.41, 5.74) is 1.29. The summed E-state index contributed by atoms with van der Waals surface area (Å²) in [6, 6.07) is 7.56. The summed E-state index contributed by atoms with van der Waals surface area (Å²) in [5, 5.41) is 11.6. The van der Waals surface area contributed by atoms with Gasteiger partial charge in [-0.05, 0) is 48.8 Å². The molecule has 0 heterocycles. The lowest BCUT2D eigenvalue weighted by Gasteiger charge is -2.34. The average Bonchev–Trinajstić information content (AvgIpc) is 2.56. The van der Waals surface area contributed by atoms with Crippen LogP contribution in [0, 0.1) is 11.3 Å². The fourth-order valence-corrected chi connectivity index (χ4v) is 3.37. The molecule has 5 nitrogen and oxygen atoms in total. The van der Waals surface area contributed by atoms with Gasteiger partial charge in [-0.3, -0.25) is 9.59 Å². The van der Waals surface area contributed by atoms with Crippen LogP contribution in [0.5, 0.6) is 5.75 Å². The molecule has 0 aromatic heterocycles. The molecular formula is C20H29NO4. The van der Waals surface area contributed by atoms with Gasteiger partial charge in [0.15, 0.2) is 0 Å². The number of amides is 1. The molecule has 1 fully saturated rings. The largest absolute Gasteiger partial charge is 0.494 e. The van der Waals surface area contributed by atoms with Crippen molar-refractivity contribution in [3.63, 3.8) is 0 Å². The standard InChI is InChI=1S/C20H29NO4/c1-20(2)11-3-5-16(13-20)19(24)21-14-15-7-9-17(10-8-15)25-12-4-6-18(22)23/h7-10,16H,3-6,11-14H2,1-2H3,(H,21,24)(H,22,23). The molecule has 25 heavy (non-hydrogen) atoms. The Morgan fingerprint density at radius 1 is 1.28 bits per heavy atom. The minimum absolute atomic E-state index is 0.113. The number of benzene rings is 1. The van der Waals surface area contributed by atoms with E-state index >= 15 is 0 Å². The van der Waals surface area contributed by atoms with Crippen LogP contribution in [0.25, 0.3) is 0 Å². The van der Waals surface area contributed by atoms with E-state index in [1.807, 2.05) is 24.3 Å². The Balaban J connectivity index is 1.73. The van der Waals surface area contributed by atoms with Crippen molar-refractivity contribution in [3.05, 3.63) is 29.8 Å². The molecule has 0 saturated heterocycles. The molecule has 138 valence electrons. The molecule has 1 aromatic carbocycles. The molecule has 2 N–H and O–H groups in total. The molecule has 1 aliphatic carbocycles. The first-order chi connectivity index (χ1) is 11.9. The van der Waals surface area contributed by atoms with E-state index in [-0.39, 0.29) is 23.7 Å². The number of rotatable bonds is 8. The summed E-state index contributed by atoms with van der Waals surface area (Å²) >= 11 is 0. The molecule has 1 aromatic rings. The van der Waals surface area contributed by atoms with Crippen LogP contribution in [-0.2, 0) is 16.1 Å². The van der Waals surface area contributed by atoms with Crippen LogP contribution in [-0.4, -0.2) is 23.6 Å². The highest BCUT2D eigenvalue weighted by molar-refractivity contribution is 5.78. The predicted molar refractivity (Wildman–Crippen MR) is 96.4 cm³/mol. The molecule has 0 spiro atoms. The lowest BCUT2D eigenvalue weighted by molar-refractivity contribution is -0.137. The first kappa shape index (κ1) is 19.3. The maximum absolute atomic E-state index is 12.4. The van der Waals surface area contributed by atoms with Gasteiger partial charge in [-0.25, -0.2) is 0 Å². The van der Waals surface area contributed by atoms with Gasteiger partial charge in [-0.15, -0.1) is 0 Å². The highest BCUT2D eigenvalue weighted by Gasteiger charge is 2.31. The first-order valence-corrected chi connectivity index (χ1v) is 9.07. The third-order valence-electron chi connectivity index (χ3n) is 4.77. The number of aliphatic carboxylic acids is 1. The van der Waals surface area contributed by atoms with Gasteiger partial charge in [-0.2, -0.15) is 0 Å². The van der Waals surface area contributed by atoms with Gasteiger partial charge >= 0.3 is 5.97 Å². The molecule has 1 unspecified atom stereocenters. The zero-order chi connectivity index (χ0) is 18.3. The second-order valence-corrected chi connectivity index (χ2v) is 7.66. The van der Waals surface area contributed by atoms with Crippen molar-refractivity contribution in [2.45, 2.75) is 58.9 Å². The fourth-order valence-electron chi connectivity index (χ4n) is 3.37. The Bertz CT molecular complexity index is 580. The average molecular weight is 347 g/mol. The number of hydrogen-bond acceptors (Lipinski definition) is 3. The highest BCUT2D eigenvalue weighted by Crippen LogP contribution is 2.38. The maximum Gasteiger partial charge on any atom is 0.303 e. The van der Waals surface area contributed by atoms with E-state index in [1.54, 1.807) is 0 Å². The Labute approximate surface area is 149 Å². The molecule has 1 atom stereocenters. The second-order valence-electron chi connectivity index (χ2n) is 7.66. The quantitative estimate of drug-likeness (QED) is 0.702. The van der Waals surface area contributed by atoms with Crippen molar-refractivity contribution in [1.29, 1.82) is 0 Å². The molecule has 0 aliphatic heterocycles. The Morgan fingerprint density at radius 2 is 2.00 bits per heavy atom. The monoisotopic (exact) mass is 347 g/mol. The van der Waals surface area contributed by atoms with Crippen LogP contribution in [0.3, 0.4) is 0 Å². The van der Waals surface area contributed by atoms with Crippen molar-refractivity contribution in [1.82, 2.24) is 5.32 Å². The molecule has 1 saturated carbocycles. The topological polar surface area (TPSA) is 75.6 Å². The van der Waals surface area contributed by atoms with Crippen LogP contribution in [0.1, 0.15) is 57.9 Å². The van der Waals surface area contributed by atoms with Crippen LogP contribution in [0.2, 0.25) is 0 Å². The fraction of sp³-hybridized carbons (Fsp3) is 0.600. The SMILES string of the molecule is CC1(C)CCCC(C(=O)NCc2ccc(OCCCC(=O)O)cc2)C1. The predicted octanol–water partition coefficient (Wildman–Crippen LogP) is 3.76. The summed E-state index contributed by atoms with van der Waals surface area (Å²) in [6.07, 6.45) is 4.87. The molecule has 2 rings (SSSR count). The van der Waals surface area contributed by atoms with Crippen molar-refractivity contribution in [3.8, 4) is 5.75 Å². The lowest BCUT2D eigenvalue weighted by Crippen LogP contribution is -2.35. The molecule has 0 radical (unpaired) electrons. The molecule has 1 aliphatic rings. The zero-order valence-corrected chi connectivity index (χ0v) is 15.2. The van der Waals surface area contributed by atoms with E-state index in [9.17, 15) is 9.59 Å². The number of carbonyl (C=O) groups is 2. The van der Waals surface area contributed by atoms with E-state index in [1.165, 1.54) is 6.42 Å². The van der Waals surface area contributed by atoms with Crippen molar-refractivity contribution in [2.24, 2.45) is 11.3 Å². The molecular weight excluding hydrogens is 318 g/mol. The minimum Gasteiger partial charge on any atom is -0.494 e. The third kappa shape index (κ3) is 6.77. The number of carbonyl (C=O) groups excluding carboxylic acids is 1. The van der Waals surface area contributed by atoms with Crippen LogP contribution >= 0.6 is 0 Å². The van der Waals surface area contributed by atoms with Crippen LogP contribution in [0.15, 0.2) is 24.3 Å². The van der Waals surface area contributed by atoms with Gasteiger partial charge in [-0.1, -0.05) is 32.4 Å².